The Morgan fingerprint density at radius 1 is 0.667 bits per heavy atom. The number of alkyl halides is 2. The summed E-state index contributed by atoms with van der Waals surface area (Å²) in [6.07, 6.45) is 17.9. The van der Waals surface area contributed by atoms with Crippen molar-refractivity contribution < 1.29 is 0 Å². The minimum absolute atomic E-state index is 0.190. The monoisotopic (exact) mass is 294 g/mol. The van der Waals surface area contributed by atoms with Gasteiger partial charge in [-0.15, -0.1) is 23.2 Å². The lowest BCUT2D eigenvalue weighted by atomic mass is 10.0. The summed E-state index contributed by atoms with van der Waals surface area (Å²) in [4.78, 5) is 0. The first-order valence-corrected chi connectivity index (χ1v) is 8.98. The highest BCUT2D eigenvalue weighted by Crippen LogP contribution is 2.14. The molecule has 0 nitrogen and oxygen atoms in total. The average Bonchev–Trinajstić information content (AvgIpc) is 2.39. The molecule has 110 valence electrons. The van der Waals surface area contributed by atoms with Crippen molar-refractivity contribution in [3.63, 3.8) is 0 Å². The molecule has 0 heterocycles. The van der Waals surface area contributed by atoms with Crippen LogP contribution in [-0.4, -0.2) is 11.3 Å². The highest BCUT2D eigenvalue weighted by Gasteiger charge is 2.01. The molecule has 1 atom stereocenters. The van der Waals surface area contributed by atoms with Crippen molar-refractivity contribution >= 4 is 23.2 Å². The third-order valence-electron chi connectivity index (χ3n) is 3.54. The molecule has 0 fully saturated rings. The molecule has 0 aliphatic rings. The topological polar surface area (TPSA) is 0 Å². The Labute approximate surface area is 125 Å². The van der Waals surface area contributed by atoms with Gasteiger partial charge < -0.3 is 0 Å². The average molecular weight is 295 g/mol. The van der Waals surface area contributed by atoms with E-state index in [9.17, 15) is 0 Å². The van der Waals surface area contributed by atoms with Crippen molar-refractivity contribution in [2.45, 2.75) is 95.8 Å². The predicted molar refractivity (Wildman–Crippen MR) is 86.1 cm³/mol. The molecule has 0 aromatic carbocycles. The molecule has 0 unspecified atom stereocenters. The van der Waals surface area contributed by atoms with E-state index in [1.807, 2.05) is 0 Å². The van der Waals surface area contributed by atoms with E-state index >= 15 is 0 Å². The van der Waals surface area contributed by atoms with Gasteiger partial charge in [-0.25, -0.2) is 0 Å². The first-order chi connectivity index (χ1) is 8.81. The quantitative estimate of drug-likeness (QED) is 0.241. The fourth-order valence-corrected chi connectivity index (χ4v) is 2.59. The minimum atomic E-state index is 0.190. The van der Waals surface area contributed by atoms with Gasteiger partial charge >= 0.3 is 0 Å². The molecular weight excluding hydrogens is 263 g/mol. The van der Waals surface area contributed by atoms with Gasteiger partial charge in [0.15, 0.2) is 0 Å². The van der Waals surface area contributed by atoms with Crippen LogP contribution in [0.25, 0.3) is 0 Å². The molecule has 0 saturated heterocycles. The molecule has 0 N–H and O–H groups in total. The molecule has 0 spiro atoms. The first-order valence-electron chi connectivity index (χ1n) is 8.01. The number of rotatable bonds is 14. The van der Waals surface area contributed by atoms with Gasteiger partial charge in [0.1, 0.15) is 0 Å². The maximum atomic E-state index is 5.97. The number of hydrogen-bond acceptors (Lipinski definition) is 0. The second-order valence-electron chi connectivity index (χ2n) is 5.43. The summed E-state index contributed by atoms with van der Waals surface area (Å²) in [7, 11) is 0. The van der Waals surface area contributed by atoms with Crippen LogP contribution in [0.2, 0.25) is 0 Å². The van der Waals surface area contributed by atoms with Gasteiger partial charge in [0.25, 0.3) is 0 Å². The second kappa shape index (κ2) is 15.6. The van der Waals surface area contributed by atoms with E-state index in [0.29, 0.717) is 5.88 Å². The number of hydrogen-bond donors (Lipinski definition) is 0. The molecule has 2 heteroatoms. The van der Waals surface area contributed by atoms with E-state index < -0.39 is 0 Å². The predicted octanol–water partition coefficient (Wildman–Crippen LogP) is 6.92. The Kier molecular flexibility index (Phi) is 16.1. The Hall–Kier alpha value is 0.580. The van der Waals surface area contributed by atoms with Crippen LogP contribution in [0.15, 0.2) is 0 Å². The van der Waals surface area contributed by atoms with Crippen LogP contribution in [0.3, 0.4) is 0 Å². The van der Waals surface area contributed by atoms with E-state index in [-0.39, 0.29) is 5.38 Å². The van der Waals surface area contributed by atoms with Crippen LogP contribution < -0.4 is 0 Å². The second-order valence-corrected chi connectivity index (χ2v) is 6.36. The smallest absolute Gasteiger partial charge is 0.0471 e. The molecular formula is C16H32Cl2. The highest BCUT2D eigenvalue weighted by molar-refractivity contribution is 6.28. The zero-order valence-electron chi connectivity index (χ0n) is 12.2. The summed E-state index contributed by atoms with van der Waals surface area (Å²) < 4.78 is 0. The molecule has 0 radical (unpaired) electrons. The molecule has 0 aliphatic carbocycles. The number of halogens is 2. The van der Waals surface area contributed by atoms with Crippen molar-refractivity contribution in [1.82, 2.24) is 0 Å². The molecule has 0 rings (SSSR count). The lowest BCUT2D eigenvalue weighted by Gasteiger charge is -2.05. The lowest BCUT2D eigenvalue weighted by molar-refractivity contribution is 0.539. The van der Waals surface area contributed by atoms with Gasteiger partial charge in [-0.1, -0.05) is 84.0 Å². The molecule has 0 aromatic heterocycles. The Balaban J connectivity index is 2.94. The largest absolute Gasteiger partial charge is 0.125 e. The Bertz CT molecular complexity index is 148. The van der Waals surface area contributed by atoms with Crippen LogP contribution in [0.1, 0.15) is 90.4 Å². The zero-order valence-corrected chi connectivity index (χ0v) is 13.7. The number of unbranched alkanes of at least 4 members (excludes halogenated alkanes) is 11. The summed E-state index contributed by atoms with van der Waals surface area (Å²) in [5.74, 6) is 0.597. The fraction of sp³-hybridized carbons (Fsp3) is 1.00. The van der Waals surface area contributed by atoms with E-state index in [4.69, 9.17) is 23.2 Å². The van der Waals surface area contributed by atoms with Gasteiger partial charge in [0.2, 0.25) is 0 Å². The standard InChI is InChI=1S/C16H32Cl2/c1-2-3-4-5-6-7-8-9-10-11-12-13-14-16(18)15-17/h16H,2-15H2,1H3/t16-/m0/s1. The fourth-order valence-electron chi connectivity index (χ4n) is 2.28. The lowest BCUT2D eigenvalue weighted by Crippen LogP contribution is -1.99. The highest BCUT2D eigenvalue weighted by atomic mass is 35.5. The molecule has 0 saturated carbocycles. The molecule has 0 aromatic rings. The summed E-state index contributed by atoms with van der Waals surface area (Å²) in [5.41, 5.74) is 0. The summed E-state index contributed by atoms with van der Waals surface area (Å²) in [6, 6.07) is 0. The van der Waals surface area contributed by atoms with Gasteiger partial charge in [0.05, 0.1) is 0 Å². The SMILES string of the molecule is CCCCCCCCCCCCCC[C@H](Cl)CCl. The third kappa shape index (κ3) is 14.6. The van der Waals surface area contributed by atoms with E-state index in [2.05, 4.69) is 6.92 Å². The van der Waals surface area contributed by atoms with Gasteiger partial charge in [-0.2, -0.15) is 0 Å². The van der Waals surface area contributed by atoms with Crippen LogP contribution in [0, 0.1) is 0 Å². The van der Waals surface area contributed by atoms with Crippen molar-refractivity contribution in [2.75, 3.05) is 5.88 Å². The molecule has 0 bridgehead atoms. The molecule has 0 aliphatic heterocycles. The first kappa shape index (κ1) is 18.6. The summed E-state index contributed by atoms with van der Waals surface area (Å²) in [5, 5.41) is 0.190. The summed E-state index contributed by atoms with van der Waals surface area (Å²) >= 11 is 11.6. The summed E-state index contributed by atoms with van der Waals surface area (Å²) in [6.45, 7) is 2.28. The Morgan fingerprint density at radius 3 is 1.44 bits per heavy atom. The molecule has 18 heavy (non-hydrogen) atoms. The van der Waals surface area contributed by atoms with Crippen molar-refractivity contribution in [3.8, 4) is 0 Å². The van der Waals surface area contributed by atoms with Gasteiger partial charge in [-0.3, -0.25) is 0 Å². The van der Waals surface area contributed by atoms with E-state index in [1.54, 1.807) is 0 Å². The van der Waals surface area contributed by atoms with Crippen LogP contribution in [0.4, 0.5) is 0 Å². The maximum Gasteiger partial charge on any atom is 0.0471 e. The van der Waals surface area contributed by atoms with Gasteiger partial charge in [0, 0.05) is 11.3 Å². The third-order valence-corrected chi connectivity index (χ3v) is 4.44. The Morgan fingerprint density at radius 2 is 1.06 bits per heavy atom. The zero-order chi connectivity index (χ0) is 13.5. The van der Waals surface area contributed by atoms with Crippen molar-refractivity contribution in [2.24, 2.45) is 0 Å². The van der Waals surface area contributed by atoms with Crippen molar-refractivity contribution in [1.29, 1.82) is 0 Å². The van der Waals surface area contributed by atoms with Crippen molar-refractivity contribution in [3.05, 3.63) is 0 Å². The van der Waals surface area contributed by atoms with Crippen LogP contribution in [-0.2, 0) is 0 Å². The maximum absolute atomic E-state index is 5.97. The minimum Gasteiger partial charge on any atom is -0.125 e. The van der Waals surface area contributed by atoms with Gasteiger partial charge in [-0.05, 0) is 6.42 Å². The van der Waals surface area contributed by atoms with Crippen LogP contribution >= 0.6 is 23.2 Å². The van der Waals surface area contributed by atoms with Crippen LogP contribution in [0.5, 0.6) is 0 Å². The molecule has 0 amide bonds. The normalized spacial score (nSPS) is 12.8. The van der Waals surface area contributed by atoms with E-state index in [1.165, 1.54) is 77.0 Å². The van der Waals surface area contributed by atoms with E-state index in [0.717, 1.165) is 6.42 Å².